The Hall–Kier alpha value is -1.47. The lowest BCUT2D eigenvalue weighted by atomic mass is 10.1. The van der Waals surface area contributed by atoms with Gasteiger partial charge in [-0.2, -0.15) is 0 Å². The molecule has 0 fully saturated rings. The van der Waals surface area contributed by atoms with Crippen molar-refractivity contribution >= 4 is 0 Å². The van der Waals surface area contributed by atoms with Crippen molar-refractivity contribution in [3.63, 3.8) is 0 Å². The van der Waals surface area contributed by atoms with E-state index in [1.54, 1.807) is 0 Å². The average molecular weight is 433 g/mol. The predicted molar refractivity (Wildman–Crippen MR) is 97.3 cm³/mol. The molecule has 1 nitrogen and oxygen atoms in total. The van der Waals surface area contributed by atoms with Crippen LogP contribution in [0.5, 0.6) is 5.75 Å². The van der Waals surface area contributed by atoms with Gasteiger partial charge in [-0.15, -0.1) is 0 Å². The van der Waals surface area contributed by atoms with Gasteiger partial charge in [0.25, 0.3) is 0 Å². The van der Waals surface area contributed by atoms with E-state index in [0.29, 0.717) is 0 Å². The molecule has 0 spiro atoms. The van der Waals surface area contributed by atoms with Gasteiger partial charge >= 0.3 is 21.2 Å². The van der Waals surface area contributed by atoms with Crippen molar-refractivity contribution in [2.45, 2.75) is 45.4 Å². The summed E-state index contributed by atoms with van der Waals surface area (Å²) in [7, 11) is 0. The first-order valence-corrected chi connectivity index (χ1v) is 11.0. The van der Waals surface area contributed by atoms with Crippen molar-refractivity contribution < 1.29 is 25.9 Å². The second kappa shape index (κ2) is 12.0. The summed E-state index contributed by atoms with van der Waals surface area (Å²) in [5.74, 6) is 4.21. The van der Waals surface area contributed by atoms with Gasteiger partial charge in [-0.1, -0.05) is 57.2 Å². The number of benzene rings is 2. The molecule has 0 aliphatic carbocycles. The summed E-state index contributed by atoms with van der Waals surface area (Å²) in [6.45, 7) is 3.07. The maximum atomic E-state index is 5.80. The highest BCUT2D eigenvalue weighted by Crippen LogP contribution is 2.12. The second-order valence-electron chi connectivity index (χ2n) is 5.75. The Morgan fingerprint density at radius 1 is 0.833 bits per heavy atom. The van der Waals surface area contributed by atoms with Crippen LogP contribution in [-0.2, 0) is 0 Å². The molecule has 0 aliphatic rings. The number of unbranched alkanes of at least 4 members (excludes halogenated alkanes) is 5. The molecule has 0 aromatic heterocycles. The van der Waals surface area contributed by atoms with Crippen molar-refractivity contribution in [1.29, 1.82) is 0 Å². The standard InChI is InChI=1S/C22H26IO/c1-2-3-4-5-6-10-19-24-22-15-13-20(14-16-22)17-18-23-21-11-8-7-9-12-21/h7-9,11-16H,2-6,10,19H2,1H3/q+1. The number of hydrogen-bond acceptors (Lipinski definition) is 1. The summed E-state index contributed by atoms with van der Waals surface area (Å²) in [6.07, 6.45) is 7.76. The summed E-state index contributed by atoms with van der Waals surface area (Å²) in [6, 6.07) is 18.7. The van der Waals surface area contributed by atoms with Gasteiger partial charge in [-0.25, -0.2) is 0 Å². The van der Waals surface area contributed by atoms with Crippen molar-refractivity contribution in [3.8, 4) is 15.6 Å². The molecule has 0 N–H and O–H groups in total. The third-order valence-corrected chi connectivity index (χ3v) is 5.58. The van der Waals surface area contributed by atoms with Gasteiger partial charge in [0.05, 0.1) is 6.61 Å². The lowest BCUT2D eigenvalue weighted by Crippen LogP contribution is -3.59. The van der Waals surface area contributed by atoms with Crippen LogP contribution >= 0.6 is 0 Å². The molecule has 0 saturated carbocycles. The Morgan fingerprint density at radius 3 is 2.29 bits per heavy atom. The number of halogens is 1. The van der Waals surface area contributed by atoms with Gasteiger partial charge in [-0.05, 0) is 48.7 Å². The smallest absolute Gasteiger partial charge is 0.420 e. The monoisotopic (exact) mass is 433 g/mol. The van der Waals surface area contributed by atoms with E-state index in [-0.39, 0.29) is 21.2 Å². The largest absolute Gasteiger partial charge is 0.494 e. The molecule has 0 radical (unpaired) electrons. The van der Waals surface area contributed by atoms with E-state index in [1.165, 1.54) is 35.7 Å². The molecule has 2 rings (SSSR count). The Bertz CT molecular complexity index is 623. The van der Waals surface area contributed by atoms with Crippen LogP contribution in [0.2, 0.25) is 0 Å². The number of hydrogen-bond donors (Lipinski definition) is 0. The molecule has 2 aromatic carbocycles. The van der Waals surface area contributed by atoms with Crippen molar-refractivity contribution in [2.75, 3.05) is 6.61 Å². The third kappa shape index (κ3) is 7.88. The van der Waals surface area contributed by atoms with Crippen LogP contribution in [0.15, 0.2) is 54.6 Å². The highest BCUT2D eigenvalue weighted by molar-refractivity contribution is 5.37. The predicted octanol–water partition coefficient (Wildman–Crippen LogP) is 2.69. The lowest BCUT2D eigenvalue weighted by molar-refractivity contribution is -0.535. The number of rotatable bonds is 9. The van der Waals surface area contributed by atoms with E-state index in [9.17, 15) is 0 Å². The van der Waals surface area contributed by atoms with Crippen LogP contribution in [0, 0.1) is 13.4 Å². The molecule has 0 heterocycles. The Balaban J connectivity index is 1.67. The van der Waals surface area contributed by atoms with Gasteiger partial charge in [-0.3, -0.25) is 0 Å². The van der Waals surface area contributed by atoms with E-state index in [2.05, 4.69) is 53.2 Å². The van der Waals surface area contributed by atoms with Gasteiger partial charge in [0, 0.05) is 5.56 Å². The molecule has 0 aliphatic heterocycles. The normalized spacial score (nSPS) is 10.0. The minimum Gasteiger partial charge on any atom is -0.494 e. The first-order chi connectivity index (χ1) is 11.9. The first kappa shape index (κ1) is 18.9. The summed E-state index contributed by atoms with van der Waals surface area (Å²) in [4.78, 5) is 0. The molecule has 0 saturated heterocycles. The lowest BCUT2D eigenvalue weighted by Gasteiger charge is -2.05. The highest BCUT2D eigenvalue weighted by atomic mass is 127. The molecular formula is C22H26IO+. The molecule has 0 bridgehead atoms. The van der Waals surface area contributed by atoms with Crippen molar-refractivity contribution in [3.05, 3.63) is 63.7 Å². The van der Waals surface area contributed by atoms with E-state index in [1.807, 2.05) is 18.2 Å². The minimum atomic E-state index is -0.219. The number of ether oxygens (including phenoxy) is 1. The minimum absolute atomic E-state index is 0.219. The van der Waals surface area contributed by atoms with Crippen LogP contribution in [-0.4, -0.2) is 6.61 Å². The maximum Gasteiger partial charge on any atom is 0.420 e. The van der Waals surface area contributed by atoms with Crippen LogP contribution in [0.25, 0.3) is 0 Å². The van der Waals surface area contributed by atoms with Crippen LogP contribution < -0.4 is 25.9 Å². The van der Waals surface area contributed by atoms with Gasteiger partial charge in [0.1, 0.15) is 5.75 Å². The van der Waals surface area contributed by atoms with Gasteiger partial charge in [0.2, 0.25) is 3.57 Å². The molecule has 0 atom stereocenters. The summed E-state index contributed by atoms with van der Waals surface area (Å²) >= 11 is -0.219. The van der Waals surface area contributed by atoms with Gasteiger partial charge < -0.3 is 4.74 Å². The van der Waals surface area contributed by atoms with Crippen LogP contribution in [0.4, 0.5) is 0 Å². The van der Waals surface area contributed by atoms with Gasteiger partial charge in [0.15, 0.2) is 3.93 Å². The average Bonchev–Trinajstić information content (AvgIpc) is 2.63. The van der Waals surface area contributed by atoms with Crippen molar-refractivity contribution in [2.24, 2.45) is 0 Å². The second-order valence-corrected chi connectivity index (χ2v) is 8.07. The Kier molecular flexibility index (Phi) is 9.41. The molecule has 2 heteroatoms. The molecule has 0 unspecified atom stereocenters. The van der Waals surface area contributed by atoms with E-state index >= 15 is 0 Å². The Morgan fingerprint density at radius 2 is 1.54 bits per heavy atom. The first-order valence-electron chi connectivity index (χ1n) is 8.81. The summed E-state index contributed by atoms with van der Waals surface area (Å²) in [5, 5.41) is 0. The zero-order valence-corrected chi connectivity index (χ0v) is 16.6. The van der Waals surface area contributed by atoms with E-state index in [4.69, 9.17) is 4.74 Å². The quantitative estimate of drug-likeness (QED) is 0.336. The Labute approximate surface area is 157 Å². The molecule has 126 valence electrons. The molecule has 2 aromatic rings. The SMILES string of the molecule is CCCCCCCCOc1ccc(C#C[I+]c2ccccc2)cc1. The highest BCUT2D eigenvalue weighted by Gasteiger charge is 2.06. The fraction of sp³-hybridized carbons (Fsp3) is 0.364. The van der Waals surface area contributed by atoms with Crippen LogP contribution in [0.1, 0.15) is 51.0 Å². The third-order valence-electron chi connectivity index (χ3n) is 3.70. The zero-order chi connectivity index (χ0) is 16.9. The fourth-order valence-corrected chi connectivity index (χ4v) is 3.85. The van der Waals surface area contributed by atoms with Crippen molar-refractivity contribution in [1.82, 2.24) is 0 Å². The topological polar surface area (TPSA) is 9.23 Å². The maximum absolute atomic E-state index is 5.80. The fourth-order valence-electron chi connectivity index (χ4n) is 2.32. The zero-order valence-electron chi connectivity index (χ0n) is 14.4. The summed E-state index contributed by atoms with van der Waals surface area (Å²) < 4.78 is 10.5. The molecule has 0 amide bonds. The molecular weight excluding hydrogens is 407 g/mol. The van der Waals surface area contributed by atoms with E-state index < -0.39 is 0 Å². The van der Waals surface area contributed by atoms with E-state index in [0.717, 1.165) is 24.3 Å². The molecule has 24 heavy (non-hydrogen) atoms. The summed E-state index contributed by atoms with van der Waals surface area (Å²) in [5.41, 5.74) is 1.07. The van der Waals surface area contributed by atoms with Crippen LogP contribution in [0.3, 0.4) is 0 Å².